The van der Waals surface area contributed by atoms with Gasteiger partial charge in [-0.05, 0) is 19.8 Å². The first kappa shape index (κ1) is 12.7. The molecule has 2 N–H and O–H groups in total. The summed E-state index contributed by atoms with van der Waals surface area (Å²) in [5.74, 6) is 1.73. The third-order valence-electron chi connectivity index (χ3n) is 2.93. The monoisotopic (exact) mass is 247 g/mol. The molecule has 2 rings (SSSR count). The van der Waals surface area contributed by atoms with E-state index in [0.717, 1.165) is 36.7 Å². The summed E-state index contributed by atoms with van der Waals surface area (Å²) < 4.78 is 2.00. The molecule has 18 heavy (non-hydrogen) atoms. The van der Waals surface area contributed by atoms with Crippen molar-refractivity contribution < 1.29 is 0 Å². The second-order valence-corrected chi connectivity index (χ2v) is 4.51. The first-order chi connectivity index (χ1) is 8.74. The van der Waals surface area contributed by atoms with Crippen molar-refractivity contribution in [3.63, 3.8) is 0 Å². The van der Waals surface area contributed by atoms with E-state index in [1.807, 2.05) is 16.8 Å². The fourth-order valence-electron chi connectivity index (χ4n) is 1.70. The van der Waals surface area contributed by atoms with E-state index in [4.69, 9.17) is 0 Å². The van der Waals surface area contributed by atoms with Crippen molar-refractivity contribution in [1.29, 1.82) is 0 Å². The van der Waals surface area contributed by atoms with Crippen molar-refractivity contribution in [3.8, 4) is 0 Å². The summed E-state index contributed by atoms with van der Waals surface area (Å²) in [6, 6.07) is 0.388. The summed E-state index contributed by atoms with van der Waals surface area (Å²) in [6.45, 7) is 7.36. The Bertz CT molecular complexity index is 505. The molecule has 98 valence electrons. The van der Waals surface area contributed by atoms with Crippen molar-refractivity contribution >= 4 is 17.3 Å². The van der Waals surface area contributed by atoms with E-state index in [0.29, 0.717) is 6.04 Å². The highest BCUT2D eigenvalue weighted by molar-refractivity contribution is 5.65. The third kappa shape index (κ3) is 2.72. The van der Waals surface area contributed by atoms with Gasteiger partial charge < -0.3 is 15.0 Å². The highest BCUT2D eigenvalue weighted by Crippen LogP contribution is 2.17. The molecule has 0 aromatic carbocycles. The van der Waals surface area contributed by atoms with Crippen LogP contribution in [0.1, 0.15) is 33.6 Å². The number of aromatic nitrogens is 3. The standard InChI is InChI=1S/C13H21N5/c1-4-6-14-11-9-18-8-7-15-13(18)12(17-11)16-10(3)5-2/h7-10,14H,4-6H2,1-3H3,(H,16,17). The summed E-state index contributed by atoms with van der Waals surface area (Å²) in [4.78, 5) is 8.93. The van der Waals surface area contributed by atoms with Crippen molar-refractivity contribution in [3.05, 3.63) is 18.6 Å². The topological polar surface area (TPSA) is 54.2 Å². The van der Waals surface area contributed by atoms with Crippen LogP contribution in [0, 0.1) is 0 Å². The van der Waals surface area contributed by atoms with Gasteiger partial charge in [0.05, 0.1) is 6.20 Å². The molecule has 0 aliphatic carbocycles. The average Bonchev–Trinajstić information content (AvgIpc) is 2.84. The molecule has 0 bridgehead atoms. The summed E-state index contributed by atoms with van der Waals surface area (Å²) >= 11 is 0. The van der Waals surface area contributed by atoms with Gasteiger partial charge in [0, 0.05) is 25.0 Å². The number of nitrogens with zero attached hydrogens (tertiary/aromatic N) is 3. The molecule has 2 aromatic rings. The SMILES string of the molecule is CCCNc1cn2ccnc2c(NC(C)CC)n1. The summed E-state index contributed by atoms with van der Waals surface area (Å²) in [6.07, 6.45) is 7.84. The molecule has 0 saturated heterocycles. The van der Waals surface area contributed by atoms with Gasteiger partial charge in [-0.3, -0.25) is 0 Å². The van der Waals surface area contributed by atoms with Crippen LogP contribution < -0.4 is 10.6 Å². The van der Waals surface area contributed by atoms with Crippen LogP contribution in [0.15, 0.2) is 18.6 Å². The van der Waals surface area contributed by atoms with E-state index in [-0.39, 0.29) is 0 Å². The van der Waals surface area contributed by atoms with Gasteiger partial charge >= 0.3 is 0 Å². The smallest absolute Gasteiger partial charge is 0.180 e. The number of imidazole rings is 1. The Morgan fingerprint density at radius 3 is 2.94 bits per heavy atom. The Balaban J connectivity index is 2.32. The molecule has 0 spiro atoms. The van der Waals surface area contributed by atoms with Crippen LogP contribution in [-0.2, 0) is 0 Å². The predicted molar refractivity (Wildman–Crippen MR) is 75.1 cm³/mol. The fourth-order valence-corrected chi connectivity index (χ4v) is 1.70. The predicted octanol–water partition coefficient (Wildman–Crippen LogP) is 2.76. The molecular weight excluding hydrogens is 226 g/mol. The van der Waals surface area contributed by atoms with Crippen molar-refractivity contribution in [1.82, 2.24) is 14.4 Å². The van der Waals surface area contributed by atoms with Crippen LogP contribution >= 0.6 is 0 Å². The van der Waals surface area contributed by atoms with Crippen molar-refractivity contribution in [2.24, 2.45) is 0 Å². The Hall–Kier alpha value is -1.78. The second-order valence-electron chi connectivity index (χ2n) is 4.51. The van der Waals surface area contributed by atoms with Gasteiger partial charge in [0.25, 0.3) is 0 Å². The normalized spacial score (nSPS) is 12.6. The van der Waals surface area contributed by atoms with Crippen molar-refractivity contribution in [2.45, 2.75) is 39.7 Å². The molecule has 1 atom stereocenters. The van der Waals surface area contributed by atoms with Gasteiger partial charge in [-0.2, -0.15) is 0 Å². The summed E-state index contributed by atoms with van der Waals surface area (Å²) in [7, 11) is 0. The lowest BCUT2D eigenvalue weighted by atomic mass is 10.2. The van der Waals surface area contributed by atoms with E-state index in [1.54, 1.807) is 6.20 Å². The molecule has 5 heteroatoms. The first-order valence-corrected chi connectivity index (χ1v) is 6.58. The highest BCUT2D eigenvalue weighted by atomic mass is 15.1. The molecule has 2 aromatic heterocycles. The van der Waals surface area contributed by atoms with E-state index in [9.17, 15) is 0 Å². The lowest BCUT2D eigenvalue weighted by Crippen LogP contribution is -2.16. The van der Waals surface area contributed by atoms with E-state index in [1.165, 1.54) is 0 Å². The van der Waals surface area contributed by atoms with Gasteiger partial charge in [-0.15, -0.1) is 0 Å². The largest absolute Gasteiger partial charge is 0.369 e. The Morgan fingerprint density at radius 1 is 1.39 bits per heavy atom. The molecule has 2 heterocycles. The number of anilines is 2. The van der Waals surface area contributed by atoms with Gasteiger partial charge in [-0.25, -0.2) is 9.97 Å². The minimum atomic E-state index is 0.388. The zero-order chi connectivity index (χ0) is 13.0. The van der Waals surface area contributed by atoms with Crippen LogP contribution in [0.25, 0.3) is 5.65 Å². The maximum atomic E-state index is 4.59. The number of hydrogen-bond donors (Lipinski definition) is 2. The first-order valence-electron chi connectivity index (χ1n) is 6.58. The molecule has 1 unspecified atom stereocenters. The molecule has 0 aliphatic rings. The highest BCUT2D eigenvalue weighted by Gasteiger charge is 2.09. The van der Waals surface area contributed by atoms with Crippen LogP contribution in [0.5, 0.6) is 0 Å². The molecule has 0 amide bonds. The van der Waals surface area contributed by atoms with Gasteiger partial charge in [0.15, 0.2) is 11.5 Å². The lowest BCUT2D eigenvalue weighted by Gasteiger charge is -2.14. The van der Waals surface area contributed by atoms with Gasteiger partial charge in [-0.1, -0.05) is 13.8 Å². The minimum Gasteiger partial charge on any atom is -0.369 e. The zero-order valence-electron chi connectivity index (χ0n) is 11.3. The molecular formula is C13H21N5. The summed E-state index contributed by atoms with van der Waals surface area (Å²) in [5, 5.41) is 6.71. The zero-order valence-corrected chi connectivity index (χ0v) is 11.3. The van der Waals surface area contributed by atoms with E-state index >= 15 is 0 Å². The molecule has 0 aliphatic heterocycles. The summed E-state index contributed by atoms with van der Waals surface area (Å²) in [5.41, 5.74) is 0.873. The molecule has 0 fully saturated rings. The van der Waals surface area contributed by atoms with Crippen LogP contribution in [0.4, 0.5) is 11.6 Å². The number of nitrogens with one attached hydrogen (secondary N) is 2. The fraction of sp³-hybridized carbons (Fsp3) is 0.538. The van der Waals surface area contributed by atoms with E-state index < -0.39 is 0 Å². The van der Waals surface area contributed by atoms with Crippen LogP contribution in [0.3, 0.4) is 0 Å². The number of fused-ring (bicyclic) bond motifs is 1. The van der Waals surface area contributed by atoms with Gasteiger partial charge in [0.2, 0.25) is 0 Å². The maximum Gasteiger partial charge on any atom is 0.180 e. The molecule has 0 radical (unpaired) electrons. The Labute approximate surface area is 108 Å². The Morgan fingerprint density at radius 2 is 2.22 bits per heavy atom. The Kier molecular flexibility index (Phi) is 4.02. The lowest BCUT2D eigenvalue weighted by molar-refractivity contribution is 0.759. The van der Waals surface area contributed by atoms with Crippen LogP contribution in [0.2, 0.25) is 0 Å². The third-order valence-corrected chi connectivity index (χ3v) is 2.93. The number of hydrogen-bond acceptors (Lipinski definition) is 4. The van der Waals surface area contributed by atoms with Crippen LogP contribution in [-0.4, -0.2) is 27.0 Å². The van der Waals surface area contributed by atoms with Gasteiger partial charge in [0.1, 0.15) is 5.82 Å². The van der Waals surface area contributed by atoms with E-state index in [2.05, 4.69) is 41.4 Å². The molecule has 0 saturated carbocycles. The van der Waals surface area contributed by atoms with Crippen molar-refractivity contribution in [2.75, 3.05) is 17.2 Å². The maximum absolute atomic E-state index is 4.59. The molecule has 5 nitrogen and oxygen atoms in total. The quantitative estimate of drug-likeness (QED) is 0.824. The second kappa shape index (κ2) is 5.71. The average molecular weight is 247 g/mol. The number of rotatable bonds is 6. The minimum absolute atomic E-state index is 0.388.